The number of anilines is 1. The fraction of sp³-hybridized carbons (Fsp3) is 0.200. The van der Waals surface area contributed by atoms with Gasteiger partial charge < -0.3 is 19.9 Å². The highest BCUT2D eigenvalue weighted by Gasteiger charge is 2.19. The third-order valence-electron chi connectivity index (χ3n) is 4.03. The van der Waals surface area contributed by atoms with Crippen molar-refractivity contribution >= 4 is 17.8 Å². The minimum Gasteiger partial charge on any atom is -0.493 e. The van der Waals surface area contributed by atoms with Gasteiger partial charge >= 0.3 is 0 Å². The number of benzene rings is 2. The molecule has 0 bridgehead atoms. The van der Waals surface area contributed by atoms with E-state index < -0.39 is 11.8 Å². The van der Waals surface area contributed by atoms with Crippen LogP contribution < -0.4 is 25.3 Å². The Hall–Kier alpha value is -4.08. The summed E-state index contributed by atoms with van der Waals surface area (Å²) < 4.78 is 17.5. The summed E-state index contributed by atoms with van der Waals surface area (Å²) in [6, 6.07) is 12.7. The summed E-state index contributed by atoms with van der Waals surface area (Å²) in [5, 5.41) is 6.89. The molecule has 1 aromatic heterocycles. The molecule has 0 saturated heterocycles. The molecule has 0 fully saturated rings. The first-order valence-corrected chi connectivity index (χ1v) is 8.92. The molecule has 1 heterocycles. The van der Waals surface area contributed by atoms with Crippen molar-refractivity contribution in [1.82, 2.24) is 14.8 Å². The predicted molar refractivity (Wildman–Crippen MR) is 108 cm³/mol. The van der Waals surface area contributed by atoms with E-state index in [9.17, 15) is 9.59 Å². The highest BCUT2D eigenvalue weighted by atomic mass is 16.5. The Bertz CT molecular complexity index is 1010. The average Bonchev–Trinajstić information content (AvgIpc) is 3.18. The highest BCUT2D eigenvalue weighted by Crippen LogP contribution is 2.38. The molecular formula is C20H21N5O5. The van der Waals surface area contributed by atoms with Gasteiger partial charge in [-0.3, -0.25) is 14.9 Å². The van der Waals surface area contributed by atoms with Crippen molar-refractivity contribution in [2.24, 2.45) is 5.73 Å². The van der Waals surface area contributed by atoms with Gasteiger partial charge in [0.15, 0.2) is 18.1 Å². The minimum absolute atomic E-state index is 0.155. The number of ether oxygens (including phenoxy) is 3. The number of carbonyl (C=O) groups excluding carboxylic acids is 2. The Morgan fingerprint density at radius 2 is 1.77 bits per heavy atom. The summed E-state index contributed by atoms with van der Waals surface area (Å²) in [5.74, 6) is -0.376. The zero-order chi connectivity index (χ0) is 21.5. The van der Waals surface area contributed by atoms with E-state index in [0.717, 1.165) is 5.56 Å². The number of hydrogen-bond donors (Lipinski definition) is 2. The Morgan fingerprint density at radius 3 is 2.37 bits per heavy atom. The average molecular weight is 411 g/mol. The van der Waals surface area contributed by atoms with Crippen LogP contribution in [-0.2, 0) is 11.3 Å². The number of rotatable bonds is 9. The lowest BCUT2D eigenvalue weighted by molar-refractivity contribution is -0.120. The molecule has 3 N–H and O–H groups in total. The smallest absolute Gasteiger partial charge is 0.258 e. The Kier molecular flexibility index (Phi) is 6.48. The van der Waals surface area contributed by atoms with Crippen molar-refractivity contribution in [3.8, 4) is 17.2 Å². The molecule has 3 rings (SSSR count). The van der Waals surface area contributed by atoms with E-state index in [1.54, 1.807) is 4.68 Å². The topological polar surface area (TPSA) is 131 Å². The van der Waals surface area contributed by atoms with Crippen molar-refractivity contribution in [3.05, 3.63) is 59.9 Å². The molecule has 2 aromatic carbocycles. The van der Waals surface area contributed by atoms with Crippen molar-refractivity contribution in [3.63, 3.8) is 0 Å². The van der Waals surface area contributed by atoms with Crippen molar-refractivity contribution in [2.45, 2.75) is 6.54 Å². The van der Waals surface area contributed by atoms with Crippen molar-refractivity contribution in [2.75, 3.05) is 26.1 Å². The van der Waals surface area contributed by atoms with Gasteiger partial charge in [-0.15, -0.1) is 5.10 Å². The zero-order valence-electron chi connectivity index (χ0n) is 16.5. The van der Waals surface area contributed by atoms with E-state index in [4.69, 9.17) is 19.9 Å². The van der Waals surface area contributed by atoms with Gasteiger partial charge in [-0.1, -0.05) is 30.3 Å². The van der Waals surface area contributed by atoms with Crippen LogP contribution in [0.5, 0.6) is 17.2 Å². The summed E-state index contributed by atoms with van der Waals surface area (Å²) in [6.45, 7) is 0.165. The molecule has 2 amide bonds. The van der Waals surface area contributed by atoms with Gasteiger partial charge in [-0.25, -0.2) is 9.67 Å². The number of aromatic nitrogens is 3. The second-order valence-corrected chi connectivity index (χ2v) is 6.17. The molecule has 0 aliphatic carbocycles. The van der Waals surface area contributed by atoms with Gasteiger partial charge in [0.1, 0.15) is 6.33 Å². The summed E-state index contributed by atoms with van der Waals surface area (Å²) in [7, 11) is 2.81. The fourth-order valence-electron chi connectivity index (χ4n) is 2.67. The van der Waals surface area contributed by atoms with Crippen LogP contribution in [0.4, 0.5) is 5.95 Å². The first-order valence-electron chi connectivity index (χ1n) is 8.92. The second-order valence-electron chi connectivity index (χ2n) is 6.17. The van der Waals surface area contributed by atoms with Crippen LogP contribution in [0.3, 0.4) is 0 Å². The minimum atomic E-state index is -0.655. The number of hydrogen-bond acceptors (Lipinski definition) is 7. The third-order valence-corrected chi connectivity index (χ3v) is 4.03. The molecular weight excluding hydrogens is 390 g/mol. The van der Waals surface area contributed by atoms with Crippen LogP contribution in [0.1, 0.15) is 15.9 Å². The highest BCUT2D eigenvalue weighted by molar-refractivity contribution is 6.04. The van der Waals surface area contributed by atoms with Gasteiger partial charge in [0, 0.05) is 5.56 Å². The van der Waals surface area contributed by atoms with Gasteiger partial charge in [0.2, 0.25) is 11.7 Å². The number of nitrogens with one attached hydrogen (secondary N) is 1. The molecule has 30 heavy (non-hydrogen) atoms. The molecule has 0 saturated carbocycles. The van der Waals surface area contributed by atoms with Crippen LogP contribution in [0.15, 0.2) is 48.8 Å². The van der Waals surface area contributed by atoms with Crippen LogP contribution >= 0.6 is 0 Å². The van der Waals surface area contributed by atoms with Gasteiger partial charge in [-0.2, -0.15) is 0 Å². The largest absolute Gasteiger partial charge is 0.493 e. The van der Waals surface area contributed by atoms with Crippen LogP contribution in [-0.4, -0.2) is 47.4 Å². The summed E-state index contributed by atoms with van der Waals surface area (Å²) in [6.07, 6.45) is 1.53. The fourth-order valence-corrected chi connectivity index (χ4v) is 2.67. The number of primary amides is 1. The standard InChI is InChI=1S/C20H21N5O5/c1-28-15-8-14(9-16(29-2)18(15)30-11-17(21)26)19(27)23-20-22-12-25(24-20)10-13-6-4-3-5-7-13/h3-9,12H,10-11H2,1-2H3,(H2,21,26)(H,23,24,27). The quantitative estimate of drug-likeness (QED) is 0.545. The summed E-state index contributed by atoms with van der Waals surface area (Å²) >= 11 is 0. The van der Waals surface area contributed by atoms with Crippen molar-refractivity contribution in [1.29, 1.82) is 0 Å². The number of carbonyl (C=O) groups is 2. The Labute approximate surface area is 172 Å². The van der Waals surface area contributed by atoms with E-state index >= 15 is 0 Å². The molecule has 156 valence electrons. The zero-order valence-corrected chi connectivity index (χ0v) is 16.5. The van der Waals surface area contributed by atoms with Crippen LogP contribution in [0, 0.1) is 0 Å². The van der Waals surface area contributed by atoms with Gasteiger partial charge in [0.25, 0.3) is 11.8 Å². The molecule has 0 aliphatic rings. The summed E-state index contributed by atoms with van der Waals surface area (Å²) in [4.78, 5) is 27.8. The lowest BCUT2D eigenvalue weighted by Gasteiger charge is -2.15. The van der Waals surface area contributed by atoms with E-state index in [-0.39, 0.29) is 35.4 Å². The Morgan fingerprint density at radius 1 is 1.10 bits per heavy atom. The number of methoxy groups -OCH3 is 2. The molecule has 0 spiro atoms. The third kappa shape index (κ3) is 5.04. The van der Waals surface area contributed by atoms with E-state index in [2.05, 4.69) is 15.4 Å². The van der Waals surface area contributed by atoms with Crippen LogP contribution in [0.25, 0.3) is 0 Å². The molecule has 0 atom stereocenters. The first kappa shape index (κ1) is 20.6. The number of amides is 2. The number of nitrogens with two attached hydrogens (primary N) is 1. The van der Waals surface area contributed by atoms with E-state index in [1.165, 1.54) is 32.7 Å². The Balaban J connectivity index is 1.75. The number of nitrogens with zero attached hydrogens (tertiary/aromatic N) is 3. The molecule has 10 heteroatoms. The molecule has 3 aromatic rings. The maximum atomic E-state index is 12.7. The van der Waals surface area contributed by atoms with E-state index in [1.807, 2.05) is 30.3 Å². The maximum absolute atomic E-state index is 12.7. The second kappa shape index (κ2) is 9.41. The lowest BCUT2D eigenvalue weighted by Crippen LogP contribution is -2.20. The van der Waals surface area contributed by atoms with Crippen LogP contribution in [0.2, 0.25) is 0 Å². The van der Waals surface area contributed by atoms with Crippen molar-refractivity contribution < 1.29 is 23.8 Å². The predicted octanol–water partition coefficient (Wildman–Crippen LogP) is 1.46. The normalized spacial score (nSPS) is 10.3. The first-order chi connectivity index (χ1) is 14.5. The van der Waals surface area contributed by atoms with E-state index in [0.29, 0.717) is 6.54 Å². The molecule has 10 nitrogen and oxygen atoms in total. The van der Waals surface area contributed by atoms with Gasteiger partial charge in [-0.05, 0) is 17.7 Å². The summed E-state index contributed by atoms with van der Waals surface area (Å²) in [5.41, 5.74) is 6.40. The SMILES string of the molecule is COc1cc(C(=O)Nc2ncn(Cc3ccccc3)n2)cc(OC)c1OCC(N)=O. The maximum Gasteiger partial charge on any atom is 0.258 e. The molecule has 0 unspecified atom stereocenters. The molecule has 0 radical (unpaired) electrons. The monoisotopic (exact) mass is 411 g/mol. The lowest BCUT2D eigenvalue weighted by atomic mass is 10.1. The van der Waals surface area contributed by atoms with Gasteiger partial charge in [0.05, 0.1) is 20.8 Å². The molecule has 0 aliphatic heterocycles.